The largest absolute Gasteiger partial charge is 0.457 e. The van der Waals surface area contributed by atoms with E-state index in [1.807, 2.05) is 30.3 Å². The summed E-state index contributed by atoms with van der Waals surface area (Å²) in [4.78, 5) is 40.2. The average molecular weight is 614 g/mol. The van der Waals surface area contributed by atoms with Gasteiger partial charge < -0.3 is 14.4 Å². The molecule has 1 amide bonds. The molecule has 1 aliphatic heterocycles. The van der Waals surface area contributed by atoms with Crippen molar-refractivity contribution in [3.8, 4) is 11.5 Å². The van der Waals surface area contributed by atoms with E-state index in [2.05, 4.69) is 38.1 Å². The Kier molecular flexibility index (Phi) is 9.45. The van der Waals surface area contributed by atoms with Crippen molar-refractivity contribution in [1.29, 1.82) is 0 Å². The van der Waals surface area contributed by atoms with Crippen molar-refractivity contribution in [2.45, 2.75) is 38.2 Å². The van der Waals surface area contributed by atoms with Gasteiger partial charge in [0.2, 0.25) is 11.7 Å². The Morgan fingerprint density at radius 3 is 2.09 bits per heavy atom. The van der Waals surface area contributed by atoms with E-state index in [-0.39, 0.29) is 42.2 Å². The molecule has 0 radical (unpaired) electrons. The number of hydrogen-bond donors (Lipinski definition) is 0. The summed E-state index contributed by atoms with van der Waals surface area (Å²) >= 11 is 5.86. The number of carbonyl (C=O) groups is 3. The average Bonchev–Trinajstić information content (AvgIpc) is 3.43. The summed E-state index contributed by atoms with van der Waals surface area (Å²) < 4.78 is 24.9. The standard InChI is InChI=1S/C36H33ClFNO5/c1-36(2,26-6-4-3-5-7-26)27-10-16-30(17-11-27)43-31-18-14-29(15-19-31)39-23-25(22-33(39)40)35(42)44-32(20-21-37)34(41)24-8-12-28(38)13-9-24/h3-19,25,32H,20-23H2,1-2H3/t25-,32+/m1/s1. The van der Waals surface area contributed by atoms with Gasteiger partial charge in [-0.2, -0.15) is 0 Å². The number of amides is 1. The first-order valence-electron chi connectivity index (χ1n) is 14.5. The zero-order chi connectivity index (χ0) is 31.3. The quantitative estimate of drug-likeness (QED) is 0.0984. The zero-order valence-corrected chi connectivity index (χ0v) is 25.3. The third-order valence-electron chi connectivity index (χ3n) is 7.96. The van der Waals surface area contributed by atoms with Gasteiger partial charge in [-0.15, -0.1) is 11.6 Å². The second-order valence-corrected chi connectivity index (χ2v) is 11.7. The first-order chi connectivity index (χ1) is 21.2. The van der Waals surface area contributed by atoms with E-state index in [1.54, 1.807) is 24.3 Å². The lowest BCUT2D eigenvalue weighted by atomic mass is 9.78. The number of ketones is 1. The Bertz CT molecular complexity index is 1610. The fraction of sp³-hybridized carbons (Fsp3) is 0.250. The summed E-state index contributed by atoms with van der Waals surface area (Å²) in [6.07, 6.45) is -1.06. The maximum Gasteiger partial charge on any atom is 0.312 e. The van der Waals surface area contributed by atoms with Gasteiger partial charge in [0.05, 0.1) is 5.92 Å². The molecule has 0 aromatic heterocycles. The molecule has 5 rings (SSSR count). The lowest BCUT2D eigenvalue weighted by Crippen LogP contribution is -2.32. The van der Waals surface area contributed by atoms with Crippen LogP contribution in [0.5, 0.6) is 11.5 Å². The fourth-order valence-corrected chi connectivity index (χ4v) is 5.48. The summed E-state index contributed by atoms with van der Waals surface area (Å²) in [6.45, 7) is 4.49. The van der Waals surface area contributed by atoms with Gasteiger partial charge in [-0.25, -0.2) is 4.39 Å². The monoisotopic (exact) mass is 613 g/mol. The SMILES string of the molecule is CC(C)(c1ccccc1)c1ccc(Oc2ccc(N3C[C@H](C(=O)O[C@@H](CCCl)C(=O)c4ccc(F)cc4)CC3=O)cc2)cc1. The minimum Gasteiger partial charge on any atom is -0.457 e. The van der Waals surface area contributed by atoms with Crippen LogP contribution < -0.4 is 9.64 Å². The molecule has 44 heavy (non-hydrogen) atoms. The van der Waals surface area contributed by atoms with Crippen LogP contribution >= 0.6 is 11.6 Å². The predicted octanol–water partition coefficient (Wildman–Crippen LogP) is 7.72. The van der Waals surface area contributed by atoms with E-state index in [4.69, 9.17) is 21.1 Å². The number of nitrogens with zero attached hydrogens (tertiary/aromatic N) is 1. The Morgan fingerprint density at radius 2 is 1.48 bits per heavy atom. The molecule has 0 saturated carbocycles. The highest BCUT2D eigenvalue weighted by Gasteiger charge is 2.38. The first-order valence-corrected chi connectivity index (χ1v) is 15.0. The van der Waals surface area contributed by atoms with Crippen LogP contribution in [0.15, 0.2) is 103 Å². The van der Waals surface area contributed by atoms with Crippen LogP contribution in [0.2, 0.25) is 0 Å². The molecule has 0 unspecified atom stereocenters. The molecule has 4 aromatic rings. The molecule has 1 fully saturated rings. The van der Waals surface area contributed by atoms with Gasteiger partial charge in [0, 0.05) is 41.9 Å². The molecule has 8 heteroatoms. The molecule has 0 bridgehead atoms. The number of hydrogen-bond acceptors (Lipinski definition) is 5. The van der Waals surface area contributed by atoms with Crippen LogP contribution in [0.3, 0.4) is 0 Å². The van der Waals surface area contributed by atoms with Gasteiger partial charge in [-0.1, -0.05) is 56.3 Å². The number of esters is 1. The van der Waals surface area contributed by atoms with Crippen LogP contribution in [0.25, 0.3) is 0 Å². The summed E-state index contributed by atoms with van der Waals surface area (Å²) in [5, 5.41) is 0. The van der Waals surface area contributed by atoms with Crippen LogP contribution in [-0.2, 0) is 19.7 Å². The number of alkyl halides is 1. The van der Waals surface area contributed by atoms with Gasteiger partial charge in [0.1, 0.15) is 17.3 Å². The number of rotatable bonds is 11. The Balaban J connectivity index is 1.19. The van der Waals surface area contributed by atoms with Crippen molar-refractivity contribution < 1.29 is 28.2 Å². The summed E-state index contributed by atoms with van der Waals surface area (Å²) in [5.41, 5.74) is 3.08. The number of halogens is 2. The third kappa shape index (κ3) is 7.00. The molecule has 1 heterocycles. The van der Waals surface area contributed by atoms with E-state index in [9.17, 15) is 18.8 Å². The number of benzene rings is 4. The van der Waals surface area contributed by atoms with E-state index >= 15 is 0 Å². The van der Waals surface area contributed by atoms with Crippen molar-refractivity contribution in [3.05, 3.63) is 126 Å². The highest BCUT2D eigenvalue weighted by atomic mass is 35.5. The fourth-order valence-electron chi connectivity index (χ4n) is 5.29. The lowest BCUT2D eigenvalue weighted by molar-refractivity contribution is -0.151. The highest BCUT2D eigenvalue weighted by Crippen LogP contribution is 2.34. The molecular weight excluding hydrogens is 581 g/mol. The van der Waals surface area contributed by atoms with Crippen LogP contribution in [0.1, 0.15) is 48.2 Å². The summed E-state index contributed by atoms with van der Waals surface area (Å²) in [5.74, 6) is -1.18. The van der Waals surface area contributed by atoms with Crippen molar-refractivity contribution in [3.63, 3.8) is 0 Å². The Labute approximate surface area is 261 Å². The molecule has 0 spiro atoms. The Morgan fingerprint density at radius 1 is 0.886 bits per heavy atom. The molecule has 4 aromatic carbocycles. The van der Waals surface area contributed by atoms with Gasteiger partial charge in [0.15, 0.2) is 6.10 Å². The van der Waals surface area contributed by atoms with Gasteiger partial charge in [-0.05, 0) is 71.8 Å². The molecule has 226 valence electrons. The number of Topliss-reactive ketones (excluding diaryl/α,β-unsaturated/α-hetero) is 1. The van der Waals surface area contributed by atoms with Crippen molar-refractivity contribution >= 4 is 34.9 Å². The van der Waals surface area contributed by atoms with Crippen LogP contribution in [-0.4, -0.2) is 36.2 Å². The molecule has 0 N–H and O–H groups in total. The minimum atomic E-state index is -1.12. The van der Waals surface area contributed by atoms with Gasteiger partial charge in [0.25, 0.3) is 0 Å². The summed E-state index contributed by atoms with van der Waals surface area (Å²) in [7, 11) is 0. The zero-order valence-electron chi connectivity index (χ0n) is 24.5. The Hall–Kier alpha value is -4.49. The minimum absolute atomic E-state index is 0.0406. The summed E-state index contributed by atoms with van der Waals surface area (Å²) in [6, 6.07) is 30.4. The first kappa shape index (κ1) is 31.0. The molecule has 2 atom stereocenters. The lowest BCUT2D eigenvalue weighted by Gasteiger charge is -2.26. The van der Waals surface area contributed by atoms with E-state index in [1.165, 1.54) is 40.3 Å². The van der Waals surface area contributed by atoms with Crippen molar-refractivity contribution in [1.82, 2.24) is 0 Å². The normalized spacial score (nSPS) is 15.6. The number of anilines is 1. The molecular formula is C36H33ClFNO5. The van der Waals surface area contributed by atoms with Crippen LogP contribution in [0.4, 0.5) is 10.1 Å². The molecule has 1 aliphatic rings. The number of ether oxygens (including phenoxy) is 2. The van der Waals surface area contributed by atoms with Gasteiger partial charge in [-0.3, -0.25) is 14.4 Å². The third-order valence-corrected chi connectivity index (χ3v) is 8.18. The molecule has 6 nitrogen and oxygen atoms in total. The topological polar surface area (TPSA) is 72.9 Å². The smallest absolute Gasteiger partial charge is 0.312 e. The van der Waals surface area contributed by atoms with Crippen molar-refractivity contribution in [2.24, 2.45) is 5.92 Å². The highest BCUT2D eigenvalue weighted by molar-refractivity contribution is 6.18. The maximum absolute atomic E-state index is 13.3. The molecule has 1 saturated heterocycles. The second kappa shape index (κ2) is 13.4. The second-order valence-electron chi connectivity index (χ2n) is 11.3. The van der Waals surface area contributed by atoms with E-state index < -0.39 is 29.6 Å². The van der Waals surface area contributed by atoms with Gasteiger partial charge >= 0.3 is 5.97 Å². The number of carbonyl (C=O) groups excluding carboxylic acids is 3. The van der Waals surface area contributed by atoms with E-state index in [0.717, 1.165) is 0 Å². The molecule has 0 aliphatic carbocycles. The van der Waals surface area contributed by atoms with Crippen molar-refractivity contribution in [2.75, 3.05) is 17.3 Å². The maximum atomic E-state index is 13.3. The van der Waals surface area contributed by atoms with Crippen LogP contribution in [0, 0.1) is 11.7 Å². The predicted molar refractivity (Wildman–Crippen MR) is 168 cm³/mol. The van der Waals surface area contributed by atoms with E-state index in [0.29, 0.717) is 17.2 Å².